The van der Waals surface area contributed by atoms with Gasteiger partial charge in [-0.05, 0) is 45.2 Å². The van der Waals surface area contributed by atoms with Crippen LogP contribution in [0, 0.1) is 0 Å². The minimum Gasteiger partial charge on any atom is -0.461 e. The predicted octanol–water partition coefficient (Wildman–Crippen LogP) is 4.57. The number of esters is 1. The van der Waals surface area contributed by atoms with Crippen LogP contribution in [0.1, 0.15) is 32.8 Å². The number of ether oxygens (including phenoxy) is 2. The molecule has 0 fully saturated rings. The highest BCUT2D eigenvalue weighted by molar-refractivity contribution is 7.98. The van der Waals surface area contributed by atoms with Crippen molar-refractivity contribution >= 4 is 46.3 Å². The van der Waals surface area contributed by atoms with Crippen molar-refractivity contribution < 1.29 is 19.1 Å². The molecule has 1 aromatic heterocycles. The van der Waals surface area contributed by atoms with Gasteiger partial charge in [-0.15, -0.1) is 11.8 Å². The van der Waals surface area contributed by atoms with Crippen molar-refractivity contribution in [2.45, 2.75) is 44.3 Å². The van der Waals surface area contributed by atoms with Crippen molar-refractivity contribution in [2.75, 3.05) is 12.8 Å². The lowest BCUT2D eigenvalue weighted by molar-refractivity contribution is -0.144. The minimum atomic E-state index is -0.582. The van der Waals surface area contributed by atoms with Gasteiger partial charge in [0.2, 0.25) is 0 Å². The van der Waals surface area contributed by atoms with E-state index in [0.717, 1.165) is 15.8 Å². The van der Waals surface area contributed by atoms with Gasteiger partial charge in [0, 0.05) is 22.4 Å². The average Bonchev–Trinajstić information content (AvgIpc) is 2.57. The highest BCUT2D eigenvalue weighted by atomic mass is 35.5. The van der Waals surface area contributed by atoms with Crippen molar-refractivity contribution in [3.05, 3.63) is 35.0 Å². The summed E-state index contributed by atoms with van der Waals surface area (Å²) in [6, 6.07) is 7.78. The number of nitrogens with zero attached hydrogens (tertiary/aromatic N) is 1. The second kappa shape index (κ2) is 9.28. The Morgan fingerprint density at radius 2 is 2.00 bits per heavy atom. The van der Waals surface area contributed by atoms with E-state index >= 15 is 0 Å². The molecule has 8 heteroatoms. The van der Waals surface area contributed by atoms with Gasteiger partial charge in [0.25, 0.3) is 0 Å². The summed E-state index contributed by atoms with van der Waals surface area (Å²) >= 11 is 7.84. The summed E-state index contributed by atoms with van der Waals surface area (Å²) in [5, 5.41) is 3.74. The summed E-state index contributed by atoms with van der Waals surface area (Å²) in [5.74, 6) is -0.444. The number of carbonyl (C=O) groups excluding carboxylic acids is 2. The van der Waals surface area contributed by atoms with Crippen LogP contribution in [0.15, 0.2) is 29.2 Å². The molecule has 1 heterocycles. The Balaban J connectivity index is 1.86. The monoisotopic (exact) mass is 410 g/mol. The fraction of sp³-hybridized carbons (Fsp3) is 0.421. The molecule has 0 saturated heterocycles. The second-order valence-electron chi connectivity index (χ2n) is 6.84. The largest absolute Gasteiger partial charge is 0.461 e. The van der Waals surface area contributed by atoms with Gasteiger partial charge in [-0.1, -0.05) is 17.7 Å². The van der Waals surface area contributed by atoms with Crippen LogP contribution >= 0.6 is 23.4 Å². The highest BCUT2D eigenvalue weighted by Gasteiger charge is 2.16. The molecule has 6 nitrogen and oxygen atoms in total. The van der Waals surface area contributed by atoms with Crippen LogP contribution in [-0.2, 0) is 20.9 Å². The molecule has 0 atom stereocenters. The number of pyridine rings is 1. The molecule has 0 bridgehead atoms. The Morgan fingerprint density at radius 1 is 1.26 bits per heavy atom. The molecule has 0 radical (unpaired) electrons. The number of nitrogens with one attached hydrogen (secondary N) is 1. The smallest absolute Gasteiger partial charge is 0.407 e. The van der Waals surface area contributed by atoms with E-state index in [1.165, 1.54) is 0 Å². The molecule has 0 spiro atoms. The Labute approximate surface area is 168 Å². The molecule has 2 aromatic rings. The SMILES string of the molecule is CSc1ccc2cc(COC(=O)CCNC(=O)OC(C)(C)C)c(Cl)nc2c1. The first-order chi connectivity index (χ1) is 12.7. The van der Waals surface area contributed by atoms with Crippen LogP contribution in [0.25, 0.3) is 10.9 Å². The number of amides is 1. The summed E-state index contributed by atoms with van der Waals surface area (Å²) in [7, 11) is 0. The molecule has 2 rings (SSSR count). The lowest BCUT2D eigenvalue weighted by Gasteiger charge is -2.19. The number of carbonyl (C=O) groups is 2. The number of benzene rings is 1. The molecule has 0 aliphatic heterocycles. The molecule has 146 valence electrons. The molecular formula is C19H23ClN2O4S. The molecule has 1 N–H and O–H groups in total. The van der Waals surface area contributed by atoms with Crippen LogP contribution in [0.2, 0.25) is 5.15 Å². The van der Waals surface area contributed by atoms with Gasteiger partial charge in [-0.2, -0.15) is 0 Å². The lowest BCUT2D eigenvalue weighted by atomic mass is 10.2. The van der Waals surface area contributed by atoms with E-state index in [9.17, 15) is 9.59 Å². The van der Waals surface area contributed by atoms with Crippen LogP contribution in [0.4, 0.5) is 4.79 Å². The van der Waals surface area contributed by atoms with Crippen molar-refractivity contribution in [3.63, 3.8) is 0 Å². The van der Waals surface area contributed by atoms with Crippen LogP contribution in [0.5, 0.6) is 0 Å². The zero-order chi connectivity index (χ0) is 20.0. The van der Waals surface area contributed by atoms with Crippen molar-refractivity contribution in [1.29, 1.82) is 0 Å². The minimum absolute atomic E-state index is 0.0251. The van der Waals surface area contributed by atoms with Gasteiger partial charge in [-0.25, -0.2) is 9.78 Å². The van der Waals surface area contributed by atoms with E-state index in [1.807, 2.05) is 30.5 Å². The number of hydrogen-bond acceptors (Lipinski definition) is 6. The number of halogens is 1. The summed E-state index contributed by atoms with van der Waals surface area (Å²) in [5.41, 5.74) is 0.846. The van der Waals surface area contributed by atoms with Crippen LogP contribution in [0.3, 0.4) is 0 Å². The molecule has 0 aliphatic carbocycles. The van der Waals surface area contributed by atoms with Crippen molar-refractivity contribution in [2.24, 2.45) is 0 Å². The third-order valence-electron chi connectivity index (χ3n) is 3.44. The maximum absolute atomic E-state index is 11.9. The van der Waals surface area contributed by atoms with Crippen LogP contribution < -0.4 is 5.32 Å². The third kappa shape index (κ3) is 6.92. The number of rotatable bonds is 6. The van der Waals surface area contributed by atoms with E-state index in [0.29, 0.717) is 10.7 Å². The Kier molecular flexibility index (Phi) is 7.33. The first-order valence-electron chi connectivity index (χ1n) is 8.43. The molecule has 27 heavy (non-hydrogen) atoms. The second-order valence-corrected chi connectivity index (χ2v) is 8.07. The maximum atomic E-state index is 11.9. The molecule has 0 aliphatic rings. The van der Waals surface area contributed by atoms with Crippen molar-refractivity contribution in [3.8, 4) is 0 Å². The Bertz CT molecular complexity index is 836. The quantitative estimate of drug-likeness (QED) is 0.427. The molecule has 0 unspecified atom stereocenters. The summed E-state index contributed by atoms with van der Waals surface area (Å²) in [6.45, 7) is 5.46. The van der Waals surface area contributed by atoms with Gasteiger partial charge in [0.05, 0.1) is 11.9 Å². The number of aromatic nitrogens is 1. The van der Waals surface area contributed by atoms with Gasteiger partial charge < -0.3 is 14.8 Å². The number of hydrogen-bond donors (Lipinski definition) is 1. The number of thioether (sulfide) groups is 1. The highest BCUT2D eigenvalue weighted by Crippen LogP contribution is 2.25. The van der Waals surface area contributed by atoms with E-state index in [-0.39, 0.29) is 19.6 Å². The standard InChI is InChI=1S/C19H23ClN2O4S/c1-19(2,3)26-18(24)21-8-7-16(23)25-11-13-9-12-5-6-14(27-4)10-15(12)22-17(13)20/h5-6,9-10H,7-8,11H2,1-4H3,(H,21,24). The van der Waals surface area contributed by atoms with Gasteiger partial charge in [0.1, 0.15) is 17.4 Å². The summed E-state index contributed by atoms with van der Waals surface area (Å²) in [6.07, 6.45) is 1.46. The zero-order valence-electron chi connectivity index (χ0n) is 15.8. The number of alkyl carbamates (subject to hydrolysis) is 1. The topological polar surface area (TPSA) is 77.5 Å². The average molecular weight is 411 g/mol. The summed E-state index contributed by atoms with van der Waals surface area (Å²) in [4.78, 5) is 28.9. The van der Waals surface area contributed by atoms with Crippen molar-refractivity contribution in [1.82, 2.24) is 10.3 Å². The van der Waals surface area contributed by atoms with E-state index in [2.05, 4.69) is 10.3 Å². The molecule has 0 saturated carbocycles. The first-order valence-corrected chi connectivity index (χ1v) is 10.0. The van der Waals surface area contributed by atoms with Gasteiger partial charge in [0.15, 0.2) is 0 Å². The summed E-state index contributed by atoms with van der Waals surface area (Å²) < 4.78 is 10.3. The number of fused-ring (bicyclic) bond motifs is 1. The maximum Gasteiger partial charge on any atom is 0.407 e. The predicted molar refractivity (Wildman–Crippen MR) is 107 cm³/mol. The fourth-order valence-corrected chi connectivity index (χ4v) is 2.84. The van der Waals surface area contributed by atoms with E-state index < -0.39 is 17.7 Å². The van der Waals surface area contributed by atoms with Gasteiger partial charge >= 0.3 is 12.1 Å². The molecular weight excluding hydrogens is 388 g/mol. The zero-order valence-corrected chi connectivity index (χ0v) is 17.4. The third-order valence-corrected chi connectivity index (χ3v) is 4.49. The fourth-order valence-electron chi connectivity index (χ4n) is 2.21. The Hall–Kier alpha value is -1.99. The normalized spacial score (nSPS) is 11.3. The van der Waals surface area contributed by atoms with E-state index in [4.69, 9.17) is 21.1 Å². The molecule has 1 aromatic carbocycles. The van der Waals surface area contributed by atoms with Crippen LogP contribution in [-0.4, -0.2) is 35.4 Å². The van der Waals surface area contributed by atoms with E-state index in [1.54, 1.807) is 32.5 Å². The van der Waals surface area contributed by atoms with Gasteiger partial charge in [-0.3, -0.25) is 4.79 Å². The lowest BCUT2D eigenvalue weighted by Crippen LogP contribution is -2.33. The first kappa shape index (κ1) is 21.3. The Morgan fingerprint density at radius 3 is 2.67 bits per heavy atom. The molecule has 1 amide bonds.